The summed E-state index contributed by atoms with van der Waals surface area (Å²) in [6.07, 6.45) is -1.43. The summed E-state index contributed by atoms with van der Waals surface area (Å²) in [6.45, 7) is 0.995. The van der Waals surface area contributed by atoms with E-state index < -0.39 is 22.4 Å². The molecule has 0 aliphatic carbocycles. The first kappa shape index (κ1) is 16.8. The Morgan fingerprint density at radius 1 is 1.11 bits per heavy atom. The maximum Gasteiger partial charge on any atom is 0.389 e. The van der Waals surface area contributed by atoms with Crippen molar-refractivity contribution < 1.29 is 21.6 Å². The Bertz CT molecular complexity index is 348. The summed E-state index contributed by atoms with van der Waals surface area (Å²) in [6, 6.07) is 0.417. The topological polar surface area (TPSA) is 46.2 Å². The summed E-state index contributed by atoms with van der Waals surface area (Å²) in [5.41, 5.74) is 0. The maximum atomic E-state index is 11.9. The number of hydrogen-bond donors (Lipinski definition) is 1. The van der Waals surface area contributed by atoms with Crippen LogP contribution < -0.4 is 5.32 Å². The van der Waals surface area contributed by atoms with E-state index in [1.807, 2.05) is 0 Å². The lowest BCUT2D eigenvalue weighted by Gasteiger charge is -2.10. The van der Waals surface area contributed by atoms with Crippen molar-refractivity contribution in [3.05, 3.63) is 0 Å². The number of unbranched alkanes of at least 4 members (excludes halogenated alkanes) is 1. The third-order valence-corrected chi connectivity index (χ3v) is 5.16. The van der Waals surface area contributed by atoms with Crippen LogP contribution in [0.25, 0.3) is 0 Å². The zero-order chi connectivity index (χ0) is 14.4. The van der Waals surface area contributed by atoms with Crippen molar-refractivity contribution >= 4 is 9.84 Å². The van der Waals surface area contributed by atoms with E-state index in [-0.39, 0.29) is 24.3 Å². The summed E-state index contributed by atoms with van der Waals surface area (Å²) in [5.74, 6) is -0.0294. The first-order valence-electron chi connectivity index (χ1n) is 6.79. The van der Waals surface area contributed by atoms with Crippen LogP contribution in [0.2, 0.25) is 0 Å². The second-order valence-corrected chi connectivity index (χ2v) is 7.46. The zero-order valence-corrected chi connectivity index (χ0v) is 11.8. The van der Waals surface area contributed by atoms with Crippen molar-refractivity contribution in [1.82, 2.24) is 5.32 Å². The van der Waals surface area contributed by atoms with Gasteiger partial charge in [-0.1, -0.05) is 0 Å². The van der Waals surface area contributed by atoms with Crippen LogP contribution in [-0.4, -0.2) is 38.7 Å². The van der Waals surface area contributed by atoms with Crippen LogP contribution in [0.3, 0.4) is 0 Å². The van der Waals surface area contributed by atoms with Gasteiger partial charge in [0.05, 0.1) is 11.5 Å². The molecule has 0 radical (unpaired) electrons. The standard InChI is InChI=1S/C12H22F3NO2S/c13-12(14,15)7-1-2-9-19(17,18)10-4-6-11-5-3-8-16-11/h11,16H,1-10H2/t11-/m0/s1. The highest BCUT2D eigenvalue weighted by molar-refractivity contribution is 7.91. The smallest absolute Gasteiger partial charge is 0.314 e. The number of hydrogen-bond acceptors (Lipinski definition) is 3. The van der Waals surface area contributed by atoms with Crippen LogP contribution in [0, 0.1) is 0 Å². The van der Waals surface area contributed by atoms with Crippen molar-refractivity contribution in [3.8, 4) is 0 Å². The second-order valence-electron chi connectivity index (χ2n) is 5.16. The third kappa shape index (κ3) is 8.47. The normalized spacial score (nSPS) is 20.9. The van der Waals surface area contributed by atoms with E-state index in [2.05, 4.69) is 5.32 Å². The molecule has 0 unspecified atom stereocenters. The average molecular weight is 301 g/mol. The van der Waals surface area contributed by atoms with Crippen LogP contribution in [0.4, 0.5) is 13.2 Å². The molecule has 0 aromatic heterocycles. The molecule has 1 rings (SSSR count). The van der Waals surface area contributed by atoms with Crippen LogP contribution in [0.15, 0.2) is 0 Å². The SMILES string of the molecule is O=S(=O)(CCCCC(F)(F)F)CCC[C@@H]1CCCN1. The largest absolute Gasteiger partial charge is 0.389 e. The summed E-state index contributed by atoms with van der Waals surface area (Å²) >= 11 is 0. The van der Waals surface area contributed by atoms with Crippen molar-refractivity contribution in [3.63, 3.8) is 0 Å². The number of rotatable bonds is 8. The molecule has 0 saturated carbocycles. The molecule has 0 amide bonds. The van der Waals surface area contributed by atoms with Gasteiger partial charge in [0.1, 0.15) is 9.84 Å². The Balaban J connectivity index is 2.10. The molecular weight excluding hydrogens is 279 g/mol. The monoisotopic (exact) mass is 301 g/mol. The molecule has 0 aromatic carbocycles. The molecule has 1 atom stereocenters. The van der Waals surface area contributed by atoms with Gasteiger partial charge in [0.25, 0.3) is 0 Å². The van der Waals surface area contributed by atoms with Gasteiger partial charge < -0.3 is 5.32 Å². The lowest BCUT2D eigenvalue weighted by Crippen LogP contribution is -2.22. The number of halogens is 3. The lowest BCUT2D eigenvalue weighted by molar-refractivity contribution is -0.135. The Kier molecular flexibility index (Phi) is 6.59. The highest BCUT2D eigenvalue weighted by Crippen LogP contribution is 2.22. The van der Waals surface area contributed by atoms with Crippen molar-refractivity contribution in [2.45, 2.75) is 57.2 Å². The third-order valence-electron chi connectivity index (χ3n) is 3.34. The van der Waals surface area contributed by atoms with E-state index in [4.69, 9.17) is 0 Å². The lowest BCUT2D eigenvalue weighted by atomic mass is 10.1. The molecule has 0 bridgehead atoms. The maximum absolute atomic E-state index is 11.9. The fourth-order valence-electron chi connectivity index (χ4n) is 2.30. The van der Waals surface area contributed by atoms with Crippen molar-refractivity contribution in [2.75, 3.05) is 18.1 Å². The molecule has 3 nitrogen and oxygen atoms in total. The van der Waals surface area contributed by atoms with E-state index in [9.17, 15) is 21.6 Å². The van der Waals surface area contributed by atoms with Gasteiger partial charge in [0.15, 0.2) is 0 Å². The fraction of sp³-hybridized carbons (Fsp3) is 1.00. The highest BCUT2D eigenvalue weighted by Gasteiger charge is 2.26. The first-order chi connectivity index (χ1) is 8.79. The van der Waals surface area contributed by atoms with Gasteiger partial charge in [-0.25, -0.2) is 8.42 Å². The van der Waals surface area contributed by atoms with E-state index in [0.717, 1.165) is 25.8 Å². The molecule has 1 fully saturated rings. The molecule has 1 N–H and O–H groups in total. The Morgan fingerprint density at radius 2 is 1.79 bits per heavy atom. The quantitative estimate of drug-likeness (QED) is 0.701. The Morgan fingerprint density at radius 3 is 2.37 bits per heavy atom. The molecule has 19 heavy (non-hydrogen) atoms. The summed E-state index contributed by atoms with van der Waals surface area (Å²) < 4.78 is 58.9. The molecule has 0 spiro atoms. The number of sulfone groups is 1. The van der Waals surface area contributed by atoms with E-state index in [0.29, 0.717) is 12.5 Å². The first-order valence-corrected chi connectivity index (χ1v) is 8.61. The zero-order valence-electron chi connectivity index (χ0n) is 11.0. The van der Waals surface area contributed by atoms with E-state index in [1.54, 1.807) is 0 Å². The van der Waals surface area contributed by atoms with E-state index in [1.165, 1.54) is 0 Å². The fourth-order valence-corrected chi connectivity index (χ4v) is 3.76. The molecule has 1 aliphatic rings. The second kappa shape index (κ2) is 7.47. The van der Waals surface area contributed by atoms with Gasteiger partial charge in [-0.15, -0.1) is 0 Å². The minimum Gasteiger partial charge on any atom is -0.314 e. The van der Waals surface area contributed by atoms with Crippen molar-refractivity contribution in [2.24, 2.45) is 0 Å². The van der Waals surface area contributed by atoms with Gasteiger partial charge in [0.2, 0.25) is 0 Å². The minimum absolute atomic E-state index is 0.0944. The summed E-state index contributed by atoms with van der Waals surface area (Å²) in [5, 5.41) is 3.29. The molecule has 1 saturated heterocycles. The Labute approximate surface area is 112 Å². The predicted molar refractivity (Wildman–Crippen MR) is 68.8 cm³/mol. The van der Waals surface area contributed by atoms with Gasteiger partial charge in [-0.2, -0.15) is 13.2 Å². The van der Waals surface area contributed by atoms with Gasteiger partial charge in [-0.3, -0.25) is 0 Å². The minimum atomic E-state index is -4.18. The van der Waals surface area contributed by atoms with Crippen LogP contribution in [0.5, 0.6) is 0 Å². The molecule has 1 aliphatic heterocycles. The number of alkyl halides is 3. The predicted octanol–water partition coefficient (Wildman–Crippen LogP) is 2.67. The molecule has 7 heteroatoms. The molecule has 114 valence electrons. The van der Waals surface area contributed by atoms with Gasteiger partial charge >= 0.3 is 6.18 Å². The van der Waals surface area contributed by atoms with Crippen LogP contribution in [-0.2, 0) is 9.84 Å². The van der Waals surface area contributed by atoms with Crippen LogP contribution in [0.1, 0.15) is 44.9 Å². The van der Waals surface area contributed by atoms with Gasteiger partial charge in [-0.05, 0) is 45.1 Å². The van der Waals surface area contributed by atoms with Gasteiger partial charge in [0, 0.05) is 12.5 Å². The molecule has 0 aromatic rings. The average Bonchev–Trinajstić information content (AvgIpc) is 2.76. The highest BCUT2D eigenvalue weighted by atomic mass is 32.2. The summed E-state index contributed by atoms with van der Waals surface area (Å²) in [4.78, 5) is 0. The number of nitrogens with one attached hydrogen (secondary N) is 1. The van der Waals surface area contributed by atoms with Crippen molar-refractivity contribution in [1.29, 1.82) is 0 Å². The Hall–Kier alpha value is -0.300. The molecule has 1 heterocycles. The molecular formula is C12H22F3NO2S. The van der Waals surface area contributed by atoms with Crippen LogP contribution >= 0.6 is 0 Å². The summed E-state index contributed by atoms with van der Waals surface area (Å²) in [7, 11) is -3.19. The van der Waals surface area contributed by atoms with E-state index >= 15 is 0 Å².